The van der Waals surface area contributed by atoms with Crippen molar-refractivity contribution >= 4 is 15.9 Å². The highest BCUT2D eigenvalue weighted by Gasteiger charge is 2.16. The summed E-state index contributed by atoms with van der Waals surface area (Å²) in [4.78, 5) is 4.33. The molecule has 2 rings (SSSR count). The number of nitrogens with one attached hydrogen (secondary N) is 1. The lowest BCUT2D eigenvalue weighted by Gasteiger charge is -2.19. The molecule has 1 aromatic heterocycles. The van der Waals surface area contributed by atoms with Crippen molar-refractivity contribution in [3.05, 3.63) is 46.2 Å². The Hall–Kier alpha value is -1.27. The summed E-state index contributed by atoms with van der Waals surface area (Å²) in [7, 11) is 0. The molecule has 1 heterocycles. The Kier molecular flexibility index (Phi) is 5.87. The fraction of sp³-hybridized carbons (Fsp3) is 0.467. The van der Waals surface area contributed by atoms with Gasteiger partial charge in [0.05, 0.1) is 0 Å². The van der Waals surface area contributed by atoms with Gasteiger partial charge >= 0.3 is 0 Å². The molecular weight excluding hydrogens is 335 g/mol. The van der Waals surface area contributed by atoms with E-state index in [4.69, 9.17) is 0 Å². The second-order valence-corrected chi connectivity index (χ2v) is 5.83. The van der Waals surface area contributed by atoms with Gasteiger partial charge in [-0.25, -0.2) is 9.37 Å². The summed E-state index contributed by atoms with van der Waals surface area (Å²) in [5.41, 5.74) is 0.912. The Labute approximate surface area is 132 Å². The van der Waals surface area contributed by atoms with Crippen LogP contribution in [0.15, 0.2) is 29.0 Å². The molecule has 0 bridgehead atoms. The largest absolute Gasteiger partial charge is 0.310 e. The molecule has 0 aliphatic heterocycles. The van der Waals surface area contributed by atoms with E-state index in [9.17, 15) is 4.39 Å². The molecule has 6 heteroatoms. The van der Waals surface area contributed by atoms with Crippen LogP contribution in [0.5, 0.6) is 0 Å². The molecule has 1 N–H and O–H groups in total. The van der Waals surface area contributed by atoms with Crippen LogP contribution in [-0.4, -0.2) is 21.3 Å². The molecule has 1 aromatic carbocycles. The minimum atomic E-state index is -0.239. The topological polar surface area (TPSA) is 42.7 Å². The van der Waals surface area contributed by atoms with Crippen LogP contribution in [0.1, 0.15) is 37.7 Å². The van der Waals surface area contributed by atoms with Crippen LogP contribution >= 0.6 is 15.9 Å². The molecule has 1 unspecified atom stereocenters. The van der Waals surface area contributed by atoms with Gasteiger partial charge in [0.1, 0.15) is 18.0 Å². The fourth-order valence-corrected chi connectivity index (χ4v) is 2.84. The van der Waals surface area contributed by atoms with Crippen molar-refractivity contribution in [2.24, 2.45) is 0 Å². The third kappa shape index (κ3) is 4.35. The number of aromatic nitrogens is 3. The van der Waals surface area contributed by atoms with E-state index in [-0.39, 0.29) is 11.9 Å². The van der Waals surface area contributed by atoms with E-state index < -0.39 is 0 Å². The number of halogens is 2. The van der Waals surface area contributed by atoms with Gasteiger partial charge in [0.25, 0.3) is 0 Å². The van der Waals surface area contributed by atoms with E-state index >= 15 is 0 Å². The number of likely N-dealkylation sites (N-methyl/N-ethyl adjacent to an activating group) is 1. The predicted molar refractivity (Wildman–Crippen MR) is 84.5 cm³/mol. The summed E-state index contributed by atoms with van der Waals surface area (Å²) >= 11 is 3.35. The zero-order chi connectivity index (χ0) is 15.2. The first-order valence-corrected chi connectivity index (χ1v) is 7.99. The molecule has 0 aliphatic rings. The van der Waals surface area contributed by atoms with Crippen LogP contribution in [0.25, 0.3) is 0 Å². The molecule has 0 aliphatic carbocycles. The minimum absolute atomic E-state index is 0.0156. The number of benzene rings is 1. The average Bonchev–Trinajstić information content (AvgIpc) is 2.85. The van der Waals surface area contributed by atoms with Crippen molar-refractivity contribution in [1.29, 1.82) is 0 Å². The van der Waals surface area contributed by atoms with E-state index in [0.717, 1.165) is 35.4 Å². The second-order valence-electron chi connectivity index (χ2n) is 4.92. The van der Waals surface area contributed by atoms with Crippen molar-refractivity contribution in [1.82, 2.24) is 20.1 Å². The maximum absolute atomic E-state index is 13.6. The summed E-state index contributed by atoms with van der Waals surface area (Å²) in [6.07, 6.45) is 3.27. The summed E-state index contributed by atoms with van der Waals surface area (Å²) in [5.74, 6) is 0.681. The van der Waals surface area contributed by atoms with E-state index in [0.29, 0.717) is 6.42 Å². The zero-order valence-electron chi connectivity index (χ0n) is 12.3. The van der Waals surface area contributed by atoms with Crippen molar-refractivity contribution in [2.45, 2.75) is 39.3 Å². The van der Waals surface area contributed by atoms with Gasteiger partial charge in [-0.05, 0) is 36.7 Å². The van der Waals surface area contributed by atoms with Crippen LogP contribution in [0, 0.1) is 5.82 Å². The summed E-state index contributed by atoms with van der Waals surface area (Å²) in [5, 5.41) is 7.63. The number of rotatable bonds is 7. The van der Waals surface area contributed by atoms with Gasteiger partial charge in [-0.3, -0.25) is 4.68 Å². The van der Waals surface area contributed by atoms with E-state index in [2.05, 4.69) is 38.3 Å². The van der Waals surface area contributed by atoms with Crippen LogP contribution in [0.4, 0.5) is 4.39 Å². The summed E-state index contributed by atoms with van der Waals surface area (Å²) in [6, 6.07) is 4.99. The highest BCUT2D eigenvalue weighted by molar-refractivity contribution is 9.10. The van der Waals surface area contributed by atoms with E-state index in [1.54, 1.807) is 12.4 Å². The van der Waals surface area contributed by atoms with Crippen molar-refractivity contribution in [2.75, 3.05) is 6.54 Å². The molecule has 4 nitrogen and oxygen atoms in total. The first-order valence-electron chi connectivity index (χ1n) is 7.20. The van der Waals surface area contributed by atoms with Gasteiger partial charge in [-0.15, -0.1) is 0 Å². The van der Waals surface area contributed by atoms with E-state index in [1.807, 2.05) is 17.7 Å². The van der Waals surface area contributed by atoms with Gasteiger partial charge in [0.15, 0.2) is 0 Å². The lowest BCUT2D eigenvalue weighted by atomic mass is 10.0. The second kappa shape index (κ2) is 7.66. The van der Waals surface area contributed by atoms with Gasteiger partial charge in [-0.2, -0.15) is 5.10 Å². The molecule has 1 atom stereocenters. The molecule has 0 saturated heterocycles. The van der Waals surface area contributed by atoms with Crippen molar-refractivity contribution < 1.29 is 4.39 Å². The van der Waals surface area contributed by atoms with Crippen LogP contribution in [0.2, 0.25) is 0 Å². The van der Waals surface area contributed by atoms with Gasteiger partial charge in [-0.1, -0.05) is 29.8 Å². The van der Waals surface area contributed by atoms with Crippen LogP contribution < -0.4 is 5.32 Å². The monoisotopic (exact) mass is 354 g/mol. The molecule has 0 spiro atoms. The predicted octanol–water partition coefficient (Wildman–Crippen LogP) is 3.48. The fourth-order valence-electron chi connectivity index (χ4n) is 2.36. The minimum Gasteiger partial charge on any atom is -0.310 e. The third-order valence-electron chi connectivity index (χ3n) is 3.26. The molecule has 114 valence electrons. The van der Waals surface area contributed by atoms with E-state index in [1.165, 1.54) is 6.07 Å². The van der Waals surface area contributed by atoms with Crippen LogP contribution in [0.3, 0.4) is 0 Å². The molecular formula is C15H20BrFN4. The standard InChI is InChI=1S/C15H20BrFN4/c1-3-5-21-15(19-10-20-21)9-14(18-4-2)11-6-12(16)8-13(17)7-11/h6-8,10,14,18H,3-5,9H2,1-2H3. The molecule has 0 saturated carbocycles. The maximum atomic E-state index is 13.6. The van der Waals surface area contributed by atoms with Gasteiger partial charge in [0.2, 0.25) is 0 Å². The third-order valence-corrected chi connectivity index (χ3v) is 3.71. The lowest BCUT2D eigenvalue weighted by molar-refractivity contribution is 0.496. The Bertz CT molecular complexity index is 565. The molecule has 21 heavy (non-hydrogen) atoms. The van der Waals surface area contributed by atoms with Crippen LogP contribution in [-0.2, 0) is 13.0 Å². The summed E-state index contributed by atoms with van der Waals surface area (Å²) < 4.78 is 16.3. The number of nitrogens with zero attached hydrogens (tertiary/aromatic N) is 3. The Morgan fingerprint density at radius 2 is 2.14 bits per heavy atom. The molecule has 0 radical (unpaired) electrons. The SMILES string of the molecule is CCCn1ncnc1CC(NCC)c1cc(F)cc(Br)c1. The average molecular weight is 355 g/mol. The maximum Gasteiger partial charge on any atom is 0.138 e. The first kappa shape index (κ1) is 16.1. The summed E-state index contributed by atoms with van der Waals surface area (Å²) in [6.45, 7) is 5.80. The highest BCUT2D eigenvalue weighted by atomic mass is 79.9. The number of hydrogen-bond donors (Lipinski definition) is 1. The zero-order valence-corrected chi connectivity index (χ0v) is 13.9. The molecule has 2 aromatic rings. The Morgan fingerprint density at radius 1 is 1.33 bits per heavy atom. The number of aryl methyl sites for hydroxylation is 1. The first-order chi connectivity index (χ1) is 10.1. The molecule has 0 amide bonds. The smallest absolute Gasteiger partial charge is 0.138 e. The molecule has 0 fully saturated rings. The number of hydrogen-bond acceptors (Lipinski definition) is 3. The normalized spacial score (nSPS) is 12.6. The Balaban J connectivity index is 2.24. The Morgan fingerprint density at radius 3 is 2.81 bits per heavy atom. The quantitative estimate of drug-likeness (QED) is 0.827. The highest BCUT2D eigenvalue weighted by Crippen LogP contribution is 2.23. The van der Waals surface area contributed by atoms with Gasteiger partial charge < -0.3 is 5.32 Å². The van der Waals surface area contributed by atoms with Crippen molar-refractivity contribution in [3.8, 4) is 0 Å². The lowest BCUT2D eigenvalue weighted by Crippen LogP contribution is -2.24. The van der Waals surface area contributed by atoms with Gasteiger partial charge in [0, 0.05) is 23.5 Å². The van der Waals surface area contributed by atoms with Crippen molar-refractivity contribution in [3.63, 3.8) is 0 Å².